The van der Waals surface area contributed by atoms with Gasteiger partial charge in [-0.3, -0.25) is 0 Å². The van der Waals surface area contributed by atoms with E-state index in [0.29, 0.717) is 11.0 Å². The van der Waals surface area contributed by atoms with Crippen LogP contribution in [0.4, 0.5) is 5.69 Å². The monoisotopic (exact) mass is 360 g/mol. The number of aryl methyl sites for hydroxylation is 1. The Labute approximate surface area is 161 Å². The fourth-order valence-electron chi connectivity index (χ4n) is 3.04. The van der Waals surface area contributed by atoms with Gasteiger partial charge in [0.2, 0.25) is 0 Å². The predicted molar refractivity (Wildman–Crippen MR) is 115 cm³/mol. The molecule has 0 amide bonds. The van der Waals surface area contributed by atoms with Crippen LogP contribution in [0.25, 0.3) is 0 Å². The molecule has 0 heterocycles. The summed E-state index contributed by atoms with van der Waals surface area (Å²) in [6.07, 6.45) is 0.976. The Morgan fingerprint density at radius 3 is 1.88 bits per heavy atom. The van der Waals surface area contributed by atoms with Gasteiger partial charge in [0.1, 0.15) is 0 Å². The molecule has 0 saturated carbocycles. The standard InChI is InChI=1S/C23H24N2S/c1-18-12-14-21(15-13-18)25-23(26)24-17-16-22(19-8-4-2-5-9-19)20-10-6-3-7-11-20/h2-15,22H,16-17H2,1H3,(H2,24,25,26). The molecule has 0 radical (unpaired) electrons. The summed E-state index contributed by atoms with van der Waals surface area (Å²) >= 11 is 5.43. The van der Waals surface area contributed by atoms with Crippen molar-refractivity contribution >= 4 is 23.0 Å². The summed E-state index contributed by atoms with van der Waals surface area (Å²) in [5.41, 5.74) is 4.91. The maximum Gasteiger partial charge on any atom is 0.170 e. The predicted octanol–water partition coefficient (Wildman–Crippen LogP) is 5.50. The van der Waals surface area contributed by atoms with E-state index in [1.54, 1.807) is 0 Å². The van der Waals surface area contributed by atoms with E-state index in [1.807, 2.05) is 12.1 Å². The third kappa shape index (κ3) is 5.17. The van der Waals surface area contributed by atoms with Crippen LogP contribution < -0.4 is 10.6 Å². The van der Waals surface area contributed by atoms with E-state index in [0.717, 1.165) is 18.7 Å². The number of thiocarbonyl (C=S) groups is 1. The summed E-state index contributed by atoms with van der Waals surface area (Å²) in [4.78, 5) is 0. The number of nitrogens with one attached hydrogen (secondary N) is 2. The van der Waals surface area contributed by atoms with Crippen molar-refractivity contribution in [3.05, 3.63) is 102 Å². The number of anilines is 1. The number of benzene rings is 3. The molecular weight excluding hydrogens is 336 g/mol. The summed E-state index contributed by atoms with van der Waals surface area (Å²) in [5.74, 6) is 0.354. The minimum absolute atomic E-state index is 0.354. The fraction of sp³-hybridized carbons (Fsp3) is 0.174. The second kappa shape index (κ2) is 9.16. The number of rotatable bonds is 6. The molecule has 0 atom stereocenters. The van der Waals surface area contributed by atoms with Crippen LogP contribution in [0.2, 0.25) is 0 Å². The Hall–Kier alpha value is -2.65. The maximum atomic E-state index is 5.43. The lowest BCUT2D eigenvalue weighted by atomic mass is 9.88. The summed E-state index contributed by atoms with van der Waals surface area (Å²) in [5, 5.41) is 7.24. The van der Waals surface area contributed by atoms with Crippen LogP contribution >= 0.6 is 12.2 Å². The molecular formula is C23H24N2S. The topological polar surface area (TPSA) is 24.1 Å². The molecule has 3 aromatic rings. The third-order valence-corrected chi connectivity index (χ3v) is 4.68. The fourth-order valence-corrected chi connectivity index (χ4v) is 3.26. The number of hydrogen-bond donors (Lipinski definition) is 2. The van der Waals surface area contributed by atoms with Gasteiger partial charge >= 0.3 is 0 Å². The zero-order valence-electron chi connectivity index (χ0n) is 15.0. The van der Waals surface area contributed by atoms with Gasteiger partial charge in [-0.25, -0.2) is 0 Å². The van der Waals surface area contributed by atoms with Gasteiger partial charge in [0, 0.05) is 18.2 Å². The second-order valence-electron chi connectivity index (χ2n) is 6.41. The van der Waals surface area contributed by atoms with E-state index in [1.165, 1.54) is 16.7 Å². The van der Waals surface area contributed by atoms with Crippen molar-refractivity contribution in [3.8, 4) is 0 Å². The molecule has 0 unspecified atom stereocenters. The van der Waals surface area contributed by atoms with Crippen molar-refractivity contribution in [3.63, 3.8) is 0 Å². The van der Waals surface area contributed by atoms with Crippen LogP contribution in [-0.2, 0) is 0 Å². The first-order chi connectivity index (χ1) is 12.7. The smallest absolute Gasteiger partial charge is 0.170 e. The molecule has 0 aliphatic carbocycles. The molecule has 0 saturated heterocycles. The lowest BCUT2D eigenvalue weighted by Gasteiger charge is -2.19. The van der Waals surface area contributed by atoms with Crippen LogP contribution in [0.5, 0.6) is 0 Å². The van der Waals surface area contributed by atoms with Gasteiger partial charge in [-0.05, 0) is 48.8 Å². The molecule has 0 aromatic heterocycles. The lowest BCUT2D eigenvalue weighted by Crippen LogP contribution is -2.30. The highest BCUT2D eigenvalue weighted by Crippen LogP contribution is 2.27. The molecule has 0 aliphatic heterocycles. The van der Waals surface area contributed by atoms with Crippen molar-refractivity contribution in [1.29, 1.82) is 0 Å². The van der Waals surface area contributed by atoms with Crippen LogP contribution in [0.3, 0.4) is 0 Å². The molecule has 0 spiro atoms. The quantitative estimate of drug-likeness (QED) is 0.567. The average molecular weight is 361 g/mol. The summed E-state index contributed by atoms with van der Waals surface area (Å²) in [6, 6.07) is 29.5. The van der Waals surface area contributed by atoms with Crippen LogP contribution in [0.15, 0.2) is 84.9 Å². The van der Waals surface area contributed by atoms with Crippen LogP contribution in [0.1, 0.15) is 29.0 Å². The van der Waals surface area contributed by atoms with Gasteiger partial charge < -0.3 is 10.6 Å². The molecule has 0 aliphatic rings. The summed E-state index contributed by atoms with van der Waals surface area (Å²) < 4.78 is 0. The van der Waals surface area contributed by atoms with Gasteiger partial charge in [-0.1, -0.05) is 78.4 Å². The molecule has 26 heavy (non-hydrogen) atoms. The van der Waals surface area contributed by atoms with Gasteiger partial charge in [0.05, 0.1) is 0 Å². The highest BCUT2D eigenvalue weighted by molar-refractivity contribution is 7.80. The Morgan fingerprint density at radius 2 is 1.35 bits per heavy atom. The first-order valence-corrected chi connectivity index (χ1v) is 9.34. The van der Waals surface area contributed by atoms with Crippen molar-refractivity contribution in [2.24, 2.45) is 0 Å². The molecule has 2 nitrogen and oxygen atoms in total. The van der Waals surface area contributed by atoms with Crippen LogP contribution in [-0.4, -0.2) is 11.7 Å². The largest absolute Gasteiger partial charge is 0.362 e. The van der Waals surface area contributed by atoms with Crippen LogP contribution in [0, 0.1) is 6.92 Å². The summed E-state index contributed by atoms with van der Waals surface area (Å²) in [7, 11) is 0. The normalized spacial score (nSPS) is 10.5. The first kappa shape index (κ1) is 18.2. The molecule has 3 rings (SSSR count). The second-order valence-corrected chi connectivity index (χ2v) is 6.82. The van der Waals surface area contributed by atoms with Gasteiger partial charge in [-0.2, -0.15) is 0 Å². The van der Waals surface area contributed by atoms with Crippen molar-refractivity contribution in [1.82, 2.24) is 5.32 Å². The highest BCUT2D eigenvalue weighted by Gasteiger charge is 2.13. The Morgan fingerprint density at radius 1 is 0.808 bits per heavy atom. The molecule has 3 heteroatoms. The van der Waals surface area contributed by atoms with E-state index in [4.69, 9.17) is 12.2 Å². The van der Waals surface area contributed by atoms with Gasteiger partial charge in [0.15, 0.2) is 5.11 Å². The minimum atomic E-state index is 0.354. The molecule has 2 N–H and O–H groups in total. The van der Waals surface area contributed by atoms with Crippen molar-refractivity contribution < 1.29 is 0 Å². The Bertz CT molecular complexity index is 774. The average Bonchev–Trinajstić information content (AvgIpc) is 2.68. The third-order valence-electron chi connectivity index (χ3n) is 4.43. The van der Waals surface area contributed by atoms with E-state index in [2.05, 4.69) is 90.4 Å². The van der Waals surface area contributed by atoms with Gasteiger partial charge in [0.25, 0.3) is 0 Å². The zero-order valence-corrected chi connectivity index (χ0v) is 15.8. The highest BCUT2D eigenvalue weighted by atomic mass is 32.1. The van der Waals surface area contributed by atoms with Crippen molar-refractivity contribution in [2.45, 2.75) is 19.3 Å². The van der Waals surface area contributed by atoms with Crippen molar-refractivity contribution in [2.75, 3.05) is 11.9 Å². The van der Waals surface area contributed by atoms with E-state index < -0.39 is 0 Å². The Kier molecular flexibility index (Phi) is 6.39. The number of hydrogen-bond acceptors (Lipinski definition) is 1. The lowest BCUT2D eigenvalue weighted by molar-refractivity contribution is 0.694. The first-order valence-electron chi connectivity index (χ1n) is 8.94. The summed E-state index contributed by atoms with van der Waals surface area (Å²) in [6.45, 7) is 2.89. The van der Waals surface area contributed by atoms with E-state index in [-0.39, 0.29) is 0 Å². The van der Waals surface area contributed by atoms with Gasteiger partial charge in [-0.15, -0.1) is 0 Å². The molecule has 0 fully saturated rings. The molecule has 132 valence electrons. The van der Waals surface area contributed by atoms with E-state index in [9.17, 15) is 0 Å². The van der Waals surface area contributed by atoms with E-state index >= 15 is 0 Å². The molecule has 3 aromatic carbocycles. The molecule has 0 bridgehead atoms. The zero-order chi connectivity index (χ0) is 18.2. The maximum absolute atomic E-state index is 5.43. The minimum Gasteiger partial charge on any atom is -0.362 e. The Balaban J connectivity index is 1.59. The SMILES string of the molecule is Cc1ccc(NC(=S)NCCC(c2ccccc2)c2ccccc2)cc1.